The highest BCUT2D eigenvalue weighted by Gasteiger charge is 2.11. The van der Waals surface area contributed by atoms with Gasteiger partial charge in [0.2, 0.25) is 0 Å². The van der Waals surface area contributed by atoms with E-state index in [1.165, 1.54) is 54.4 Å². The lowest BCUT2D eigenvalue weighted by molar-refractivity contribution is 0.103. The molecule has 0 saturated heterocycles. The third-order valence-corrected chi connectivity index (χ3v) is 5.61. The molecule has 2 aromatic carbocycles. The minimum Gasteiger partial charge on any atom is -0.396 e. The molecule has 0 aliphatic heterocycles. The summed E-state index contributed by atoms with van der Waals surface area (Å²) in [6, 6.07) is 18.0. The molecule has 0 amide bonds. The van der Waals surface area contributed by atoms with Gasteiger partial charge < -0.3 is 15.5 Å². The van der Waals surface area contributed by atoms with Crippen molar-refractivity contribution < 1.29 is 10.2 Å². The summed E-state index contributed by atoms with van der Waals surface area (Å²) in [5.74, 6) is 0. The molecule has 4 N–H and O–H groups in total. The van der Waals surface area contributed by atoms with Crippen molar-refractivity contribution in [1.29, 1.82) is 0 Å². The predicted octanol–water partition coefficient (Wildman–Crippen LogP) is 4.42. The van der Waals surface area contributed by atoms with E-state index in [-0.39, 0.29) is 6.61 Å². The molecule has 0 radical (unpaired) electrons. The van der Waals surface area contributed by atoms with Gasteiger partial charge in [-0.05, 0) is 44.2 Å². The van der Waals surface area contributed by atoms with E-state index in [2.05, 4.69) is 73.0 Å². The van der Waals surface area contributed by atoms with E-state index in [0.717, 1.165) is 13.0 Å². The number of nitrogens with one attached hydrogen (secondary N) is 2. The second-order valence-corrected chi connectivity index (χ2v) is 8.34. The largest absolute Gasteiger partial charge is 0.396 e. The summed E-state index contributed by atoms with van der Waals surface area (Å²) in [5, 5.41) is 25.2. The van der Waals surface area contributed by atoms with E-state index < -0.39 is 6.23 Å². The highest BCUT2D eigenvalue weighted by Crippen LogP contribution is 2.21. The van der Waals surface area contributed by atoms with Gasteiger partial charge in [-0.2, -0.15) is 0 Å². The lowest BCUT2D eigenvalue weighted by Gasteiger charge is -2.20. The number of unbranched alkanes of at least 4 members (excludes halogenated alkanes) is 3. The Morgan fingerprint density at radius 3 is 2.00 bits per heavy atom. The molecule has 4 heteroatoms. The number of hydrogen-bond donors (Lipinski definition) is 4. The van der Waals surface area contributed by atoms with Gasteiger partial charge >= 0.3 is 0 Å². The fourth-order valence-electron chi connectivity index (χ4n) is 3.68. The van der Waals surface area contributed by atoms with Crippen LogP contribution in [-0.2, 0) is 6.42 Å². The van der Waals surface area contributed by atoms with Gasteiger partial charge in [0.15, 0.2) is 0 Å². The van der Waals surface area contributed by atoms with Gasteiger partial charge in [0.1, 0.15) is 6.23 Å². The molecule has 0 bridgehead atoms. The summed E-state index contributed by atoms with van der Waals surface area (Å²) in [4.78, 5) is 0. The van der Waals surface area contributed by atoms with Crippen molar-refractivity contribution in [2.75, 3.05) is 19.7 Å². The summed E-state index contributed by atoms with van der Waals surface area (Å²) >= 11 is 0. The molecular weight excluding hydrogens is 372 g/mol. The maximum Gasteiger partial charge on any atom is 0.107 e. The van der Waals surface area contributed by atoms with Crippen molar-refractivity contribution in [3.63, 3.8) is 0 Å². The van der Waals surface area contributed by atoms with E-state index in [4.69, 9.17) is 5.11 Å². The standard InChI is InChI=1S/C26H40N2O2/c1-21-9-13-23(14-10-21)7-5-3-4-6-8-25(24-15-11-22(2)12-16-24)27-18-19-28-26(30)17-20-29/h9-16,25-30H,3-8,17-20H2,1-2H3. The van der Waals surface area contributed by atoms with Crippen LogP contribution >= 0.6 is 0 Å². The van der Waals surface area contributed by atoms with E-state index in [0.29, 0.717) is 19.0 Å². The summed E-state index contributed by atoms with van der Waals surface area (Å²) in [6.07, 6.45) is 6.99. The summed E-state index contributed by atoms with van der Waals surface area (Å²) in [5.41, 5.74) is 5.38. The molecule has 0 spiro atoms. The third kappa shape index (κ3) is 9.86. The Kier molecular flexibility index (Phi) is 11.7. The number of aliphatic hydroxyl groups excluding tert-OH is 2. The zero-order chi connectivity index (χ0) is 21.6. The fraction of sp³-hybridized carbons (Fsp3) is 0.538. The van der Waals surface area contributed by atoms with Gasteiger partial charge in [0.25, 0.3) is 0 Å². The predicted molar refractivity (Wildman–Crippen MR) is 126 cm³/mol. The number of hydrogen-bond acceptors (Lipinski definition) is 4. The van der Waals surface area contributed by atoms with Gasteiger partial charge in [-0.15, -0.1) is 0 Å². The van der Waals surface area contributed by atoms with Crippen LogP contribution in [0.5, 0.6) is 0 Å². The molecule has 0 saturated carbocycles. The monoisotopic (exact) mass is 412 g/mol. The summed E-state index contributed by atoms with van der Waals surface area (Å²) < 4.78 is 0. The highest BCUT2D eigenvalue weighted by molar-refractivity contribution is 5.24. The molecule has 0 aliphatic carbocycles. The molecule has 2 unspecified atom stereocenters. The van der Waals surface area contributed by atoms with Crippen molar-refractivity contribution in [3.05, 3.63) is 70.8 Å². The van der Waals surface area contributed by atoms with Crippen LogP contribution in [0.4, 0.5) is 0 Å². The second-order valence-electron chi connectivity index (χ2n) is 8.34. The number of rotatable bonds is 15. The second kappa shape index (κ2) is 14.3. The van der Waals surface area contributed by atoms with Crippen LogP contribution in [0, 0.1) is 13.8 Å². The van der Waals surface area contributed by atoms with Crippen LogP contribution in [0.1, 0.15) is 66.8 Å². The number of benzene rings is 2. The first-order chi connectivity index (χ1) is 14.6. The molecule has 0 heterocycles. The molecule has 4 nitrogen and oxygen atoms in total. The van der Waals surface area contributed by atoms with Gasteiger partial charge in [0, 0.05) is 32.2 Å². The van der Waals surface area contributed by atoms with E-state index in [1.807, 2.05) is 0 Å². The first kappa shape index (κ1) is 24.5. The first-order valence-corrected chi connectivity index (χ1v) is 11.5. The van der Waals surface area contributed by atoms with Crippen LogP contribution in [0.15, 0.2) is 48.5 Å². The van der Waals surface area contributed by atoms with E-state index >= 15 is 0 Å². The quantitative estimate of drug-likeness (QED) is 0.258. The van der Waals surface area contributed by atoms with Crippen molar-refractivity contribution >= 4 is 0 Å². The average Bonchev–Trinajstić information content (AvgIpc) is 2.74. The molecule has 166 valence electrons. The first-order valence-electron chi connectivity index (χ1n) is 11.5. The molecular formula is C26H40N2O2. The maximum absolute atomic E-state index is 9.68. The van der Waals surface area contributed by atoms with Crippen molar-refractivity contribution in [2.45, 2.75) is 71.1 Å². The molecule has 30 heavy (non-hydrogen) atoms. The van der Waals surface area contributed by atoms with Crippen LogP contribution in [0.25, 0.3) is 0 Å². The SMILES string of the molecule is Cc1ccc(CCCCCCC(NCCNC(O)CCO)c2ccc(C)cc2)cc1. The zero-order valence-corrected chi connectivity index (χ0v) is 18.7. The van der Waals surface area contributed by atoms with Crippen LogP contribution in [0.3, 0.4) is 0 Å². The summed E-state index contributed by atoms with van der Waals surface area (Å²) in [6.45, 7) is 5.72. The van der Waals surface area contributed by atoms with E-state index in [9.17, 15) is 5.11 Å². The van der Waals surface area contributed by atoms with E-state index in [1.54, 1.807) is 0 Å². The normalized spacial score (nSPS) is 13.3. The maximum atomic E-state index is 9.68. The van der Waals surface area contributed by atoms with Crippen LogP contribution in [0.2, 0.25) is 0 Å². The highest BCUT2D eigenvalue weighted by atomic mass is 16.3. The Labute approximate surface area is 182 Å². The van der Waals surface area contributed by atoms with Crippen molar-refractivity contribution in [1.82, 2.24) is 10.6 Å². The smallest absolute Gasteiger partial charge is 0.107 e. The number of aliphatic hydroxyl groups is 2. The Bertz CT molecular complexity index is 685. The van der Waals surface area contributed by atoms with Crippen molar-refractivity contribution in [2.24, 2.45) is 0 Å². The van der Waals surface area contributed by atoms with Crippen molar-refractivity contribution in [3.8, 4) is 0 Å². The Balaban J connectivity index is 1.71. The Hall–Kier alpha value is -1.72. The third-order valence-electron chi connectivity index (χ3n) is 5.61. The van der Waals surface area contributed by atoms with Gasteiger partial charge in [0.05, 0.1) is 0 Å². The summed E-state index contributed by atoms with van der Waals surface area (Å²) in [7, 11) is 0. The van der Waals surface area contributed by atoms with Crippen LogP contribution in [-0.4, -0.2) is 36.1 Å². The zero-order valence-electron chi connectivity index (χ0n) is 18.7. The van der Waals surface area contributed by atoms with Gasteiger partial charge in [-0.25, -0.2) is 0 Å². The van der Waals surface area contributed by atoms with Gasteiger partial charge in [-0.1, -0.05) is 78.9 Å². The topological polar surface area (TPSA) is 64.5 Å². The molecule has 0 fully saturated rings. The van der Waals surface area contributed by atoms with Gasteiger partial charge in [-0.3, -0.25) is 5.32 Å². The minimum absolute atomic E-state index is 0.00248. The van der Waals surface area contributed by atoms with Crippen LogP contribution < -0.4 is 10.6 Å². The lowest BCUT2D eigenvalue weighted by atomic mass is 9.98. The fourth-order valence-corrected chi connectivity index (χ4v) is 3.68. The average molecular weight is 413 g/mol. The number of aryl methyl sites for hydroxylation is 3. The Morgan fingerprint density at radius 1 is 0.733 bits per heavy atom. The molecule has 2 rings (SSSR count). The molecule has 0 aliphatic rings. The Morgan fingerprint density at radius 2 is 1.33 bits per heavy atom. The molecule has 0 aromatic heterocycles. The molecule has 2 atom stereocenters. The minimum atomic E-state index is -0.636. The molecule has 2 aromatic rings. The lowest BCUT2D eigenvalue weighted by Crippen LogP contribution is -2.36.